The number of rotatable bonds is 21. The number of halogens is 6. The Bertz CT molecular complexity index is 1110. The third kappa shape index (κ3) is 22.4. The van der Waals surface area contributed by atoms with Crippen molar-refractivity contribution in [2.24, 2.45) is 0 Å². The Labute approximate surface area is 272 Å². The van der Waals surface area contributed by atoms with Gasteiger partial charge in [0.2, 0.25) is 0 Å². The number of hydrogen-bond acceptors (Lipinski definition) is 1. The van der Waals surface area contributed by atoms with Gasteiger partial charge in [-0.1, -0.05) is 140 Å². The van der Waals surface area contributed by atoms with Crippen molar-refractivity contribution in [1.82, 2.24) is 0 Å². The van der Waals surface area contributed by atoms with E-state index in [1.807, 2.05) is 0 Å². The summed E-state index contributed by atoms with van der Waals surface area (Å²) in [4.78, 5) is 4.03. The summed E-state index contributed by atoms with van der Waals surface area (Å²) >= 11 is -11.2. The summed E-state index contributed by atoms with van der Waals surface area (Å²) < 4.78 is 65.6. The third-order valence-corrected chi connectivity index (χ3v) is 9.51. The van der Waals surface area contributed by atoms with Crippen LogP contribution in [0.15, 0.2) is 99.6 Å². The molecule has 0 N–H and O–H groups in total. The van der Waals surface area contributed by atoms with Crippen molar-refractivity contribution in [2.45, 2.75) is 124 Å². The first-order chi connectivity index (χ1) is 21.3. The van der Waals surface area contributed by atoms with Crippen molar-refractivity contribution in [3.63, 3.8) is 0 Å². The van der Waals surface area contributed by atoms with Gasteiger partial charge in [-0.15, -0.1) is 0 Å². The quantitative estimate of drug-likeness (QED) is 0.0454. The fraction of sp³-hybridized carbons (Fsp3) is 0.500. The van der Waals surface area contributed by atoms with Crippen LogP contribution in [0.4, 0.5) is 16.9 Å². The minimum absolute atomic E-state index is 0.0968. The molecule has 45 heavy (non-hydrogen) atoms. The van der Waals surface area contributed by atoms with E-state index in [1.54, 1.807) is 0 Å². The molecule has 0 saturated carbocycles. The van der Waals surface area contributed by atoms with Crippen LogP contribution in [0.2, 0.25) is 0 Å². The SMILES string of the molecule is CCCCCCCCCCCCCCCCCCOc1ccc([S+](c2ccccc2)c2ccccc2)cc1.[F][Sb-]([F])([F])([F])([F])[F]. The van der Waals surface area contributed by atoms with Gasteiger partial charge >= 0.3 is 36.4 Å². The summed E-state index contributed by atoms with van der Waals surface area (Å²) in [6, 6.07) is 30.4. The van der Waals surface area contributed by atoms with E-state index in [9.17, 15) is 16.9 Å². The molecular weight excluding hydrogens is 716 g/mol. The van der Waals surface area contributed by atoms with Gasteiger partial charge in [0.25, 0.3) is 0 Å². The van der Waals surface area contributed by atoms with Crippen LogP contribution in [-0.2, 0) is 10.9 Å². The molecule has 0 aromatic heterocycles. The molecule has 0 radical (unpaired) electrons. The maximum absolute atomic E-state index is 11.2. The molecule has 0 aliphatic heterocycles. The van der Waals surface area contributed by atoms with Gasteiger partial charge < -0.3 is 4.74 Å². The summed E-state index contributed by atoms with van der Waals surface area (Å²) in [6.07, 6.45) is 22.4. The molecule has 0 saturated heterocycles. The molecule has 0 aliphatic rings. The summed E-state index contributed by atoms with van der Waals surface area (Å²) in [7, 11) is -0.0968. The second-order valence-electron chi connectivity index (χ2n) is 11.5. The van der Waals surface area contributed by atoms with Crippen LogP contribution in [0.25, 0.3) is 0 Å². The van der Waals surface area contributed by atoms with E-state index in [2.05, 4.69) is 91.9 Å². The van der Waals surface area contributed by atoms with Crippen LogP contribution in [0.3, 0.4) is 0 Å². The van der Waals surface area contributed by atoms with Gasteiger partial charge in [-0.3, -0.25) is 0 Å². The molecule has 254 valence electrons. The van der Waals surface area contributed by atoms with E-state index in [-0.39, 0.29) is 10.9 Å². The van der Waals surface area contributed by atoms with Gasteiger partial charge in [-0.2, -0.15) is 0 Å². The predicted molar refractivity (Wildman–Crippen MR) is 179 cm³/mol. The molecule has 0 fully saturated rings. The Kier molecular flexibility index (Phi) is 17.3. The fourth-order valence-electron chi connectivity index (χ4n) is 5.03. The fourth-order valence-corrected chi connectivity index (χ4v) is 7.12. The zero-order valence-electron chi connectivity index (χ0n) is 26.6. The van der Waals surface area contributed by atoms with Gasteiger partial charge in [-0.25, -0.2) is 0 Å². The predicted octanol–water partition coefficient (Wildman–Crippen LogP) is 13.6. The van der Waals surface area contributed by atoms with E-state index in [1.165, 1.54) is 111 Å². The van der Waals surface area contributed by atoms with Crippen LogP contribution >= 0.6 is 0 Å². The summed E-state index contributed by atoms with van der Waals surface area (Å²) in [5.74, 6) is 0.986. The first-order valence-electron chi connectivity index (χ1n) is 16.5. The van der Waals surface area contributed by atoms with Crippen LogP contribution in [0, 0.1) is 0 Å². The van der Waals surface area contributed by atoms with Gasteiger partial charge in [0.05, 0.1) is 17.5 Å². The molecule has 0 unspecified atom stereocenters. The van der Waals surface area contributed by atoms with Gasteiger partial charge in [0.15, 0.2) is 14.7 Å². The first-order valence-corrected chi connectivity index (χ1v) is 23.5. The van der Waals surface area contributed by atoms with Gasteiger partial charge in [0, 0.05) is 0 Å². The Morgan fingerprint density at radius 2 is 0.756 bits per heavy atom. The average Bonchev–Trinajstić information content (AvgIpc) is 2.99. The van der Waals surface area contributed by atoms with E-state index < -0.39 is 19.5 Å². The Hall–Kier alpha value is -1.79. The zero-order valence-corrected chi connectivity index (χ0v) is 30.0. The summed E-state index contributed by atoms with van der Waals surface area (Å²) in [5, 5.41) is 0. The Morgan fingerprint density at radius 1 is 0.444 bits per heavy atom. The van der Waals surface area contributed by atoms with E-state index >= 15 is 0 Å². The number of benzene rings is 3. The van der Waals surface area contributed by atoms with Crippen LogP contribution in [0.5, 0.6) is 5.75 Å². The Balaban J connectivity index is 0.000000900. The number of hydrogen-bond donors (Lipinski definition) is 0. The van der Waals surface area contributed by atoms with E-state index in [4.69, 9.17) is 4.74 Å². The van der Waals surface area contributed by atoms with Crippen molar-refractivity contribution in [2.75, 3.05) is 6.61 Å². The molecule has 0 atom stereocenters. The average molecular weight is 768 g/mol. The molecule has 3 aromatic carbocycles. The second kappa shape index (κ2) is 19.8. The zero-order chi connectivity index (χ0) is 32.9. The van der Waals surface area contributed by atoms with Crippen molar-refractivity contribution < 1.29 is 21.6 Å². The monoisotopic (exact) mass is 766 g/mol. The van der Waals surface area contributed by atoms with Crippen LogP contribution in [0.1, 0.15) is 110 Å². The topological polar surface area (TPSA) is 9.23 Å². The number of ether oxygens (including phenoxy) is 1. The summed E-state index contributed by atoms with van der Waals surface area (Å²) in [6.45, 7) is 3.12. The molecule has 0 bridgehead atoms. The van der Waals surface area contributed by atoms with Crippen molar-refractivity contribution in [3.8, 4) is 5.75 Å². The molecule has 3 aromatic rings. The van der Waals surface area contributed by atoms with Crippen molar-refractivity contribution in [3.05, 3.63) is 84.9 Å². The molecule has 0 heterocycles. The standard InChI is InChI=1S/C36H51OS.6FH.Sb/c1-2-3-4-5-6-7-8-9-10-11-12-13-14-15-16-23-32-37-33-28-30-36(31-29-33)38(34-24-19-17-20-25-34)35-26-21-18-22-27-35;;;;;;;/h17-22,24-31H,2-16,23,32H2,1H3;6*1H;/q+1;;;;;;;+5/p-6. The van der Waals surface area contributed by atoms with Crippen molar-refractivity contribution >= 4 is 30.4 Å². The minimum atomic E-state index is -11.2. The summed E-state index contributed by atoms with van der Waals surface area (Å²) in [5.41, 5.74) is 0. The molecular formula is C36H51F6OSSb. The molecule has 3 rings (SSSR count). The van der Waals surface area contributed by atoms with E-state index in [0.29, 0.717) is 0 Å². The molecule has 9 heteroatoms. The normalized spacial score (nSPS) is 13.1. The van der Waals surface area contributed by atoms with Crippen LogP contribution < -0.4 is 4.74 Å². The second-order valence-corrected chi connectivity index (χ2v) is 19.0. The van der Waals surface area contributed by atoms with Gasteiger partial charge in [-0.05, 0) is 55.0 Å². The van der Waals surface area contributed by atoms with Gasteiger partial charge in [0.1, 0.15) is 5.75 Å². The first kappa shape index (κ1) is 39.4. The molecule has 0 aliphatic carbocycles. The third-order valence-electron chi connectivity index (χ3n) is 7.28. The molecule has 0 spiro atoms. The molecule has 0 amide bonds. The number of unbranched alkanes of at least 4 members (excludes halogenated alkanes) is 15. The Morgan fingerprint density at radius 3 is 1.11 bits per heavy atom. The van der Waals surface area contributed by atoms with E-state index in [0.717, 1.165) is 18.8 Å². The molecule has 1 nitrogen and oxygen atoms in total. The van der Waals surface area contributed by atoms with Crippen molar-refractivity contribution in [1.29, 1.82) is 0 Å². The van der Waals surface area contributed by atoms with Crippen LogP contribution in [-0.4, -0.2) is 26.1 Å². The maximum atomic E-state index is 9.93.